The highest BCUT2D eigenvalue weighted by molar-refractivity contribution is 6.30. The quantitative estimate of drug-likeness (QED) is 0.851. The number of nitrogens with two attached hydrogens (primary N) is 1. The summed E-state index contributed by atoms with van der Waals surface area (Å²) in [5.74, 6) is 0. The van der Waals surface area contributed by atoms with E-state index in [0.29, 0.717) is 6.04 Å². The summed E-state index contributed by atoms with van der Waals surface area (Å²) in [7, 11) is 4.26. The van der Waals surface area contributed by atoms with Crippen LogP contribution in [0.1, 0.15) is 18.4 Å². The fraction of sp³-hybridized carbons (Fsp3) is 0.571. The van der Waals surface area contributed by atoms with Gasteiger partial charge in [-0.05, 0) is 57.2 Å². The van der Waals surface area contributed by atoms with Crippen molar-refractivity contribution in [1.29, 1.82) is 0 Å². The molecule has 1 aromatic rings. The highest BCUT2D eigenvalue weighted by Gasteiger charge is 2.25. The number of hydrogen-bond acceptors (Lipinski definition) is 3. The Balaban J connectivity index is 2.05. The first-order chi connectivity index (χ1) is 8.56. The lowest BCUT2D eigenvalue weighted by molar-refractivity contribution is 0.201. The van der Waals surface area contributed by atoms with Gasteiger partial charge in [0.05, 0.1) is 0 Å². The topological polar surface area (TPSA) is 32.5 Å². The molecule has 1 aromatic carbocycles. The van der Waals surface area contributed by atoms with Crippen LogP contribution in [0.5, 0.6) is 0 Å². The van der Waals surface area contributed by atoms with Crippen molar-refractivity contribution < 1.29 is 0 Å². The lowest BCUT2D eigenvalue weighted by atomic mass is 10.1. The summed E-state index contributed by atoms with van der Waals surface area (Å²) in [6, 6.07) is 6.37. The minimum absolute atomic E-state index is 0.637. The SMILES string of the molecule is CN(C)CC1CCCN1Cc1cc(Cl)ccc1N. The monoisotopic (exact) mass is 267 g/mol. The fourth-order valence-electron chi connectivity index (χ4n) is 2.66. The molecule has 1 unspecified atom stereocenters. The number of halogens is 1. The third-order valence-electron chi connectivity index (χ3n) is 3.55. The number of likely N-dealkylation sites (tertiary alicyclic amines) is 1. The molecule has 18 heavy (non-hydrogen) atoms. The van der Waals surface area contributed by atoms with Crippen LogP contribution in [0.2, 0.25) is 5.02 Å². The van der Waals surface area contributed by atoms with Crippen LogP contribution in [0.4, 0.5) is 5.69 Å². The number of hydrogen-bond donors (Lipinski definition) is 1. The van der Waals surface area contributed by atoms with Crippen molar-refractivity contribution in [1.82, 2.24) is 9.80 Å². The van der Waals surface area contributed by atoms with E-state index in [1.807, 2.05) is 18.2 Å². The van der Waals surface area contributed by atoms with Gasteiger partial charge in [0.2, 0.25) is 0 Å². The fourth-order valence-corrected chi connectivity index (χ4v) is 2.86. The maximum Gasteiger partial charge on any atom is 0.0410 e. The lowest BCUT2D eigenvalue weighted by Crippen LogP contribution is -2.37. The van der Waals surface area contributed by atoms with Gasteiger partial charge in [-0.15, -0.1) is 0 Å². The van der Waals surface area contributed by atoms with E-state index < -0.39 is 0 Å². The molecule has 0 spiro atoms. The third kappa shape index (κ3) is 3.37. The zero-order valence-electron chi connectivity index (χ0n) is 11.2. The second-order valence-electron chi connectivity index (χ2n) is 5.37. The molecule has 0 aliphatic carbocycles. The summed E-state index contributed by atoms with van der Waals surface area (Å²) in [5, 5.41) is 0.766. The zero-order valence-corrected chi connectivity index (χ0v) is 12.0. The number of anilines is 1. The highest BCUT2D eigenvalue weighted by Crippen LogP contribution is 2.24. The van der Waals surface area contributed by atoms with Crippen molar-refractivity contribution in [3.8, 4) is 0 Å². The van der Waals surface area contributed by atoms with E-state index >= 15 is 0 Å². The molecular weight excluding hydrogens is 246 g/mol. The summed E-state index contributed by atoms with van der Waals surface area (Å²) in [6.07, 6.45) is 2.55. The lowest BCUT2D eigenvalue weighted by Gasteiger charge is -2.27. The molecule has 4 heteroatoms. The van der Waals surface area contributed by atoms with Crippen molar-refractivity contribution in [3.05, 3.63) is 28.8 Å². The first-order valence-corrected chi connectivity index (χ1v) is 6.87. The molecule has 0 amide bonds. The van der Waals surface area contributed by atoms with Crippen molar-refractivity contribution in [2.24, 2.45) is 0 Å². The first kappa shape index (κ1) is 13.7. The van der Waals surface area contributed by atoms with Crippen LogP contribution < -0.4 is 5.73 Å². The van der Waals surface area contributed by atoms with Gasteiger partial charge >= 0.3 is 0 Å². The average molecular weight is 268 g/mol. The van der Waals surface area contributed by atoms with E-state index in [1.54, 1.807) is 0 Å². The van der Waals surface area contributed by atoms with Crippen LogP contribution in [-0.4, -0.2) is 43.0 Å². The van der Waals surface area contributed by atoms with E-state index in [0.717, 1.165) is 35.9 Å². The third-order valence-corrected chi connectivity index (χ3v) is 3.79. The maximum atomic E-state index is 6.04. The van der Waals surface area contributed by atoms with Gasteiger partial charge in [-0.1, -0.05) is 11.6 Å². The second-order valence-corrected chi connectivity index (χ2v) is 5.81. The number of nitrogen functional groups attached to an aromatic ring is 1. The van der Waals surface area contributed by atoms with Crippen LogP contribution in [0, 0.1) is 0 Å². The molecule has 1 heterocycles. The summed E-state index contributed by atoms with van der Waals surface area (Å²) < 4.78 is 0. The van der Waals surface area contributed by atoms with Crippen molar-refractivity contribution in [2.45, 2.75) is 25.4 Å². The minimum Gasteiger partial charge on any atom is -0.398 e. The van der Waals surface area contributed by atoms with Gasteiger partial charge in [0.15, 0.2) is 0 Å². The summed E-state index contributed by atoms with van der Waals surface area (Å²) in [5.41, 5.74) is 8.01. The van der Waals surface area contributed by atoms with Gasteiger partial charge in [0.1, 0.15) is 0 Å². The molecule has 2 N–H and O–H groups in total. The molecule has 0 bridgehead atoms. The van der Waals surface area contributed by atoms with Crippen LogP contribution in [0.15, 0.2) is 18.2 Å². The summed E-state index contributed by atoms with van der Waals surface area (Å²) >= 11 is 6.04. The van der Waals surface area contributed by atoms with Gasteiger partial charge in [-0.25, -0.2) is 0 Å². The van der Waals surface area contributed by atoms with E-state index in [-0.39, 0.29) is 0 Å². The van der Waals surface area contributed by atoms with E-state index in [9.17, 15) is 0 Å². The van der Waals surface area contributed by atoms with Crippen molar-refractivity contribution >= 4 is 17.3 Å². The Morgan fingerprint density at radius 3 is 2.94 bits per heavy atom. The molecular formula is C14H22ClN3. The van der Waals surface area contributed by atoms with Gasteiger partial charge in [-0.2, -0.15) is 0 Å². The number of likely N-dealkylation sites (N-methyl/N-ethyl adjacent to an activating group) is 1. The zero-order chi connectivity index (χ0) is 13.1. The van der Waals surface area contributed by atoms with E-state index in [1.165, 1.54) is 12.8 Å². The Morgan fingerprint density at radius 1 is 1.44 bits per heavy atom. The van der Waals surface area contributed by atoms with Gasteiger partial charge < -0.3 is 10.6 Å². The number of benzene rings is 1. The van der Waals surface area contributed by atoms with Crippen LogP contribution >= 0.6 is 11.6 Å². The highest BCUT2D eigenvalue weighted by atomic mass is 35.5. The van der Waals surface area contributed by atoms with Crippen molar-refractivity contribution in [3.63, 3.8) is 0 Å². The normalized spacial score (nSPS) is 20.8. The predicted octanol–water partition coefficient (Wildman–Crippen LogP) is 2.45. The van der Waals surface area contributed by atoms with Crippen LogP contribution in [-0.2, 0) is 6.54 Å². The Hall–Kier alpha value is -0.770. The Bertz CT molecular complexity index is 406. The number of nitrogens with zero attached hydrogens (tertiary/aromatic N) is 2. The second kappa shape index (κ2) is 5.91. The summed E-state index contributed by atoms with van der Waals surface area (Å²) in [6.45, 7) is 3.18. The molecule has 1 atom stereocenters. The molecule has 1 aliphatic rings. The predicted molar refractivity (Wildman–Crippen MR) is 77.9 cm³/mol. The molecule has 1 saturated heterocycles. The largest absolute Gasteiger partial charge is 0.398 e. The van der Waals surface area contributed by atoms with Gasteiger partial charge in [0, 0.05) is 29.8 Å². The van der Waals surface area contributed by atoms with Gasteiger partial charge in [-0.3, -0.25) is 4.90 Å². The van der Waals surface area contributed by atoms with E-state index in [2.05, 4.69) is 23.9 Å². The average Bonchev–Trinajstić information content (AvgIpc) is 2.70. The Labute approximate surface area is 115 Å². The molecule has 3 nitrogen and oxygen atoms in total. The maximum absolute atomic E-state index is 6.04. The molecule has 0 saturated carbocycles. The molecule has 0 radical (unpaired) electrons. The first-order valence-electron chi connectivity index (χ1n) is 6.49. The minimum atomic E-state index is 0.637. The standard InChI is InChI=1S/C14H22ClN3/c1-17(2)10-13-4-3-7-18(13)9-11-8-12(15)5-6-14(11)16/h5-6,8,13H,3-4,7,9-10,16H2,1-2H3. The molecule has 2 rings (SSSR count). The number of rotatable bonds is 4. The van der Waals surface area contributed by atoms with E-state index in [4.69, 9.17) is 17.3 Å². The smallest absolute Gasteiger partial charge is 0.0410 e. The molecule has 100 valence electrons. The molecule has 0 aromatic heterocycles. The molecule has 1 fully saturated rings. The Morgan fingerprint density at radius 2 is 2.22 bits per heavy atom. The summed E-state index contributed by atoms with van der Waals surface area (Å²) in [4.78, 5) is 4.77. The van der Waals surface area contributed by atoms with Gasteiger partial charge in [0.25, 0.3) is 0 Å². The van der Waals surface area contributed by atoms with Crippen molar-refractivity contribution in [2.75, 3.05) is 32.9 Å². The van der Waals surface area contributed by atoms with Crippen LogP contribution in [0.3, 0.4) is 0 Å². The Kier molecular flexibility index (Phi) is 4.49. The van der Waals surface area contributed by atoms with Crippen LogP contribution in [0.25, 0.3) is 0 Å². The molecule has 1 aliphatic heterocycles.